The summed E-state index contributed by atoms with van der Waals surface area (Å²) in [7, 11) is 0. The van der Waals surface area contributed by atoms with Gasteiger partial charge in [-0.25, -0.2) is 0 Å². The minimum Gasteiger partial charge on any atom is -0.344 e. The number of benzene rings is 4. The minimum absolute atomic E-state index is 0. The first kappa shape index (κ1) is 15.0. The van der Waals surface area contributed by atoms with Gasteiger partial charge in [0.1, 0.15) is 0 Å². The predicted octanol–water partition coefficient (Wildman–Crippen LogP) is 6.34. The van der Waals surface area contributed by atoms with Crippen LogP contribution in [0, 0.1) is 0 Å². The summed E-state index contributed by atoms with van der Waals surface area (Å²) < 4.78 is 0. The van der Waals surface area contributed by atoms with Crippen molar-refractivity contribution in [2.75, 3.05) is 0 Å². The quantitative estimate of drug-likeness (QED) is 0.460. The molecule has 1 nitrogen and oxygen atoms in total. The summed E-state index contributed by atoms with van der Waals surface area (Å²) in [6.07, 6.45) is 0. The molecule has 4 aromatic rings. The smallest absolute Gasteiger partial charge is 0.00268 e. The van der Waals surface area contributed by atoms with Gasteiger partial charge in [-0.3, -0.25) is 0 Å². The fourth-order valence-corrected chi connectivity index (χ4v) is 3.05. The SMILES string of the molecule is N.c1ccc(-c2ccc3ccccc3c2-c2ccccc2)cc1. The highest BCUT2D eigenvalue weighted by Gasteiger charge is 2.10. The van der Waals surface area contributed by atoms with E-state index < -0.39 is 0 Å². The first-order valence-corrected chi connectivity index (χ1v) is 7.56. The van der Waals surface area contributed by atoms with Gasteiger partial charge in [-0.2, -0.15) is 0 Å². The van der Waals surface area contributed by atoms with Gasteiger partial charge >= 0.3 is 0 Å². The van der Waals surface area contributed by atoms with Crippen LogP contribution in [0.3, 0.4) is 0 Å². The van der Waals surface area contributed by atoms with E-state index in [1.165, 1.54) is 33.0 Å². The van der Waals surface area contributed by atoms with E-state index in [-0.39, 0.29) is 6.15 Å². The van der Waals surface area contributed by atoms with Gasteiger partial charge in [0.15, 0.2) is 0 Å². The molecule has 23 heavy (non-hydrogen) atoms. The largest absolute Gasteiger partial charge is 0.344 e. The molecule has 1 heteroatoms. The van der Waals surface area contributed by atoms with E-state index in [0.717, 1.165) is 0 Å². The van der Waals surface area contributed by atoms with Crippen LogP contribution in [0.25, 0.3) is 33.0 Å². The summed E-state index contributed by atoms with van der Waals surface area (Å²) in [5, 5.41) is 2.58. The first-order valence-electron chi connectivity index (χ1n) is 7.56. The highest BCUT2D eigenvalue weighted by atomic mass is 14.1. The lowest BCUT2D eigenvalue weighted by Gasteiger charge is -2.14. The van der Waals surface area contributed by atoms with Crippen molar-refractivity contribution in [3.8, 4) is 22.3 Å². The third-order valence-corrected chi connectivity index (χ3v) is 4.08. The summed E-state index contributed by atoms with van der Waals surface area (Å²) in [6, 6.07) is 34.3. The van der Waals surface area contributed by atoms with Crippen molar-refractivity contribution in [2.45, 2.75) is 0 Å². The molecular weight excluding hydrogens is 278 g/mol. The van der Waals surface area contributed by atoms with Crippen molar-refractivity contribution in [3.05, 3.63) is 97.1 Å². The second-order valence-electron chi connectivity index (χ2n) is 5.44. The van der Waals surface area contributed by atoms with Crippen LogP contribution in [0.2, 0.25) is 0 Å². The van der Waals surface area contributed by atoms with Gasteiger partial charge in [0.25, 0.3) is 0 Å². The normalized spacial score (nSPS) is 10.3. The fourth-order valence-electron chi connectivity index (χ4n) is 3.05. The Kier molecular flexibility index (Phi) is 4.22. The van der Waals surface area contributed by atoms with Gasteiger partial charge in [-0.1, -0.05) is 97.1 Å². The maximum atomic E-state index is 2.24. The van der Waals surface area contributed by atoms with Crippen molar-refractivity contribution in [3.63, 3.8) is 0 Å². The fraction of sp³-hybridized carbons (Fsp3) is 0. The van der Waals surface area contributed by atoms with Gasteiger partial charge in [0.2, 0.25) is 0 Å². The van der Waals surface area contributed by atoms with Crippen LogP contribution in [0.1, 0.15) is 0 Å². The molecular formula is C22H19N. The van der Waals surface area contributed by atoms with Crippen LogP contribution in [-0.4, -0.2) is 0 Å². The molecule has 0 fully saturated rings. The molecule has 0 amide bonds. The molecule has 0 spiro atoms. The molecule has 3 N–H and O–H groups in total. The Morgan fingerprint density at radius 3 is 1.70 bits per heavy atom. The average molecular weight is 297 g/mol. The van der Waals surface area contributed by atoms with Gasteiger partial charge in [-0.15, -0.1) is 0 Å². The van der Waals surface area contributed by atoms with Crippen LogP contribution >= 0.6 is 0 Å². The lowest BCUT2D eigenvalue weighted by atomic mass is 9.90. The van der Waals surface area contributed by atoms with E-state index in [9.17, 15) is 0 Å². The number of rotatable bonds is 2. The lowest BCUT2D eigenvalue weighted by Crippen LogP contribution is -1.87. The Balaban J connectivity index is 0.00000156. The number of fused-ring (bicyclic) bond motifs is 1. The molecule has 0 aliphatic heterocycles. The molecule has 0 saturated heterocycles. The van der Waals surface area contributed by atoms with Gasteiger partial charge < -0.3 is 6.15 Å². The maximum absolute atomic E-state index is 2.24. The topological polar surface area (TPSA) is 35.0 Å². The average Bonchev–Trinajstić information content (AvgIpc) is 2.62. The first-order chi connectivity index (χ1) is 10.9. The predicted molar refractivity (Wildman–Crippen MR) is 99.8 cm³/mol. The molecule has 0 heterocycles. The Morgan fingerprint density at radius 1 is 0.435 bits per heavy atom. The second kappa shape index (κ2) is 6.47. The molecule has 0 aromatic heterocycles. The lowest BCUT2D eigenvalue weighted by molar-refractivity contribution is 1.61. The van der Waals surface area contributed by atoms with Crippen molar-refractivity contribution < 1.29 is 0 Å². The zero-order valence-electron chi connectivity index (χ0n) is 12.9. The van der Waals surface area contributed by atoms with E-state index in [2.05, 4.69) is 97.1 Å². The molecule has 112 valence electrons. The third-order valence-electron chi connectivity index (χ3n) is 4.08. The molecule has 0 atom stereocenters. The maximum Gasteiger partial charge on any atom is -0.00268 e. The van der Waals surface area contributed by atoms with Crippen LogP contribution < -0.4 is 6.15 Å². The summed E-state index contributed by atoms with van der Waals surface area (Å²) in [5.74, 6) is 0. The summed E-state index contributed by atoms with van der Waals surface area (Å²) in [5.41, 5.74) is 5.11. The van der Waals surface area contributed by atoms with E-state index in [1.54, 1.807) is 0 Å². The summed E-state index contributed by atoms with van der Waals surface area (Å²) in [4.78, 5) is 0. The number of hydrogen-bond acceptors (Lipinski definition) is 1. The molecule has 0 unspecified atom stereocenters. The van der Waals surface area contributed by atoms with Crippen LogP contribution in [0.5, 0.6) is 0 Å². The number of hydrogen-bond donors (Lipinski definition) is 1. The molecule has 0 radical (unpaired) electrons. The van der Waals surface area contributed by atoms with E-state index >= 15 is 0 Å². The van der Waals surface area contributed by atoms with Gasteiger partial charge in [-0.05, 0) is 33.0 Å². The summed E-state index contributed by atoms with van der Waals surface area (Å²) >= 11 is 0. The van der Waals surface area contributed by atoms with Crippen LogP contribution in [0.15, 0.2) is 97.1 Å². The van der Waals surface area contributed by atoms with E-state index in [4.69, 9.17) is 0 Å². The van der Waals surface area contributed by atoms with Crippen molar-refractivity contribution in [1.29, 1.82) is 0 Å². The van der Waals surface area contributed by atoms with Gasteiger partial charge in [0, 0.05) is 0 Å². The molecule has 0 saturated carbocycles. The second-order valence-corrected chi connectivity index (χ2v) is 5.44. The van der Waals surface area contributed by atoms with Crippen LogP contribution in [-0.2, 0) is 0 Å². The van der Waals surface area contributed by atoms with E-state index in [1.807, 2.05) is 0 Å². The molecule has 0 aliphatic carbocycles. The molecule has 4 aromatic carbocycles. The monoisotopic (exact) mass is 297 g/mol. The van der Waals surface area contributed by atoms with Crippen molar-refractivity contribution in [1.82, 2.24) is 6.15 Å². The highest BCUT2D eigenvalue weighted by Crippen LogP contribution is 2.37. The minimum atomic E-state index is 0. The molecule has 0 bridgehead atoms. The molecule has 4 rings (SSSR count). The summed E-state index contributed by atoms with van der Waals surface area (Å²) in [6.45, 7) is 0. The van der Waals surface area contributed by atoms with Crippen LogP contribution in [0.4, 0.5) is 0 Å². The molecule has 0 aliphatic rings. The Bertz CT molecular complexity index is 912. The Hall–Kier alpha value is -2.90. The zero-order valence-corrected chi connectivity index (χ0v) is 12.9. The van der Waals surface area contributed by atoms with E-state index in [0.29, 0.717) is 0 Å². The highest BCUT2D eigenvalue weighted by molar-refractivity contribution is 6.04. The van der Waals surface area contributed by atoms with Crippen molar-refractivity contribution in [2.24, 2.45) is 0 Å². The zero-order chi connectivity index (χ0) is 14.8. The Labute approximate surface area is 136 Å². The third kappa shape index (κ3) is 2.75. The van der Waals surface area contributed by atoms with Crippen molar-refractivity contribution >= 4 is 10.8 Å². The standard InChI is InChI=1S/C22H16.H3N/c1-3-9-17(10-4-1)21-16-15-18-11-7-8-14-20(18)22(21)19-12-5-2-6-13-19;/h1-16H;1H3. The Morgan fingerprint density at radius 2 is 1.00 bits per heavy atom. The van der Waals surface area contributed by atoms with Gasteiger partial charge in [0.05, 0.1) is 0 Å².